The van der Waals surface area contributed by atoms with Gasteiger partial charge in [-0.05, 0) is 17.7 Å². The maximum Gasteiger partial charge on any atom is 0.0837 e. The second-order valence-corrected chi connectivity index (χ2v) is 5.21. The van der Waals surface area contributed by atoms with Crippen molar-refractivity contribution in [1.29, 1.82) is 5.26 Å². The van der Waals surface area contributed by atoms with Gasteiger partial charge >= 0.3 is 0 Å². The molecule has 84 valence electrons. The molecule has 1 heterocycles. The summed E-state index contributed by atoms with van der Waals surface area (Å²) >= 11 is 1.99. The van der Waals surface area contributed by atoms with Gasteiger partial charge in [-0.3, -0.25) is 0 Å². The van der Waals surface area contributed by atoms with Crippen molar-refractivity contribution in [2.75, 3.05) is 18.1 Å². The summed E-state index contributed by atoms with van der Waals surface area (Å²) in [6.07, 6.45) is 1.23. The van der Waals surface area contributed by atoms with E-state index in [1.54, 1.807) is 0 Å². The van der Waals surface area contributed by atoms with Crippen molar-refractivity contribution in [3.05, 3.63) is 35.9 Å². The molecule has 1 aromatic carbocycles. The van der Waals surface area contributed by atoms with Crippen LogP contribution in [-0.4, -0.2) is 24.1 Å². The lowest BCUT2D eigenvalue weighted by Gasteiger charge is -2.14. The van der Waals surface area contributed by atoms with Gasteiger partial charge in [0.2, 0.25) is 0 Å². The smallest absolute Gasteiger partial charge is 0.0837 e. The van der Waals surface area contributed by atoms with Gasteiger partial charge in [-0.15, -0.1) is 0 Å². The van der Waals surface area contributed by atoms with Crippen LogP contribution in [0.1, 0.15) is 17.9 Å². The van der Waals surface area contributed by atoms with Crippen molar-refractivity contribution >= 4 is 11.8 Å². The molecule has 1 aromatic rings. The van der Waals surface area contributed by atoms with Crippen LogP contribution in [0.3, 0.4) is 0 Å². The molecule has 3 heteroatoms. The third-order valence-electron chi connectivity index (χ3n) is 2.90. The van der Waals surface area contributed by atoms with E-state index in [-0.39, 0.29) is 5.92 Å². The first-order valence-corrected chi connectivity index (χ1v) is 6.81. The molecule has 0 radical (unpaired) electrons. The molecule has 2 atom stereocenters. The quantitative estimate of drug-likeness (QED) is 0.866. The highest BCUT2D eigenvalue weighted by Gasteiger charge is 2.17. The molecule has 16 heavy (non-hydrogen) atoms. The monoisotopic (exact) mass is 232 g/mol. The van der Waals surface area contributed by atoms with Crippen molar-refractivity contribution in [3.63, 3.8) is 0 Å². The molecule has 1 aliphatic rings. The van der Waals surface area contributed by atoms with Crippen molar-refractivity contribution in [2.45, 2.75) is 18.4 Å². The van der Waals surface area contributed by atoms with Gasteiger partial charge in [0, 0.05) is 18.3 Å². The molecule has 2 rings (SSSR count). The summed E-state index contributed by atoms with van der Waals surface area (Å²) in [6, 6.07) is 13.0. The normalized spacial score (nSPS) is 21.6. The topological polar surface area (TPSA) is 35.8 Å². The molecule has 0 bridgehead atoms. The Hall–Kier alpha value is -0.980. The summed E-state index contributed by atoms with van der Waals surface area (Å²) in [6.45, 7) is 0.770. The number of nitriles is 1. The Kier molecular flexibility index (Phi) is 4.26. The lowest BCUT2D eigenvalue weighted by molar-refractivity contribution is 0.544. The Bertz CT molecular complexity index is 352. The molecule has 2 unspecified atom stereocenters. The van der Waals surface area contributed by atoms with Crippen molar-refractivity contribution in [2.24, 2.45) is 0 Å². The predicted octanol–water partition coefficient (Wildman–Crippen LogP) is 2.39. The summed E-state index contributed by atoms with van der Waals surface area (Å²) in [5.41, 5.74) is 1.11. The van der Waals surface area contributed by atoms with Gasteiger partial charge in [-0.2, -0.15) is 17.0 Å². The van der Waals surface area contributed by atoms with Crippen molar-refractivity contribution in [1.82, 2.24) is 5.32 Å². The van der Waals surface area contributed by atoms with Gasteiger partial charge in [-0.1, -0.05) is 30.3 Å². The summed E-state index contributed by atoms with van der Waals surface area (Å²) in [5.74, 6) is 2.42. The van der Waals surface area contributed by atoms with Gasteiger partial charge in [0.15, 0.2) is 0 Å². The summed E-state index contributed by atoms with van der Waals surface area (Å²) in [5, 5.41) is 12.6. The van der Waals surface area contributed by atoms with Crippen LogP contribution >= 0.6 is 11.8 Å². The van der Waals surface area contributed by atoms with E-state index in [1.165, 1.54) is 17.9 Å². The second-order valence-electron chi connectivity index (χ2n) is 4.06. The summed E-state index contributed by atoms with van der Waals surface area (Å²) in [4.78, 5) is 0. The van der Waals surface area contributed by atoms with E-state index in [2.05, 4.69) is 11.4 Å². The lowest BCUT2D eigenvalue weighted by atomic mass is 10.0. The number of nitrogens with zero attached hydrogens (tertiary/aromatic N) is 1. The van der Waals surface area contributed by atoms with Crippen LogP contribution in [0.2, 0.25) is 0 Å². The lowest BCUT2D eigenvalue weighted by Crippen LogP contribution is -2.32. The molecule has 2 nitrogen and oxygen atoms in total. The van der Waals surface area contributed by atoms with Crippen LogP contribution < -0.4 is 5.32 Å². The fourth-order valence-electron chi connectivity index (χ4n) is 1.90. The molecule has 1 saturated heterocycles. The van der Waals surface area contributed by atoms with Crippen LogP contribution in [0.15, 0.2) is 30.3 Å². The summed E-state index contributed by atoms with van der Waals surface area (Å²) in [7, 11) is 0. The first kappa shape index (κ1) is 11.5. The first-order chi connectivity index (χ1) is 7.90. The molecule has 1 N–H and O–H groups in total. The molecule has 0 saturated carbocycles. The number of hydrogen-bond acceptors (Lipinski definition) is 3. The molecular formula is C13H16N2S. The fraction of sp³-hybridized carbons (Fsp3) is 0.462. The minimum Gasteiger partial charge on any atom is -0.311 e. The number of hydrogen-bond donors (Lipinski definition) is 1. The van der Waals surface area contributed by atoms with E-state index in [0.717, 1.165) is 12.1 Å². The van der Waals surface area contributed by atoms with Gasteiger partial charge in [-0.25, -0.2) is 0 Å². The molecule has 0 aromatic heterocycles. The standard InChI is InChI=1S/C13H16N2S/c14-8-12(11-4-2-1-3-5-11)9-15-13-6-7-16-10-13/h1-5,12-13,15H,6-7,9-10H2. The van der Waals surface area contributed by atoms with Crippen LogP contribution in [0.5, 0.6) is 0 Å². The highest BCUT2D eigenvalue weighted by molar-refractivity contribution is 7.99. The third kappa shape index (κ3) is 3.01. The van der Waals surface area contributed by atoms with Crippen LogP contribution in [0.4, 0.5) is 0 Å². The molecule has 0 aliphatic carbocycles. The average Bonchev–Trinajstić information content (AvgIpc) is 2.84. The van der Waals surface area contributed by atoms with Gasteiger partial charge in [0.1, 0.15) is 0 Å². The average molecular weight is 232 g/mol. The van der Waals surface area contributed by atoms with Gasteiger partial charge in [0.05, 0.1) is 12.0 Å². The van der Waals surface area contributed by atoms with E-state index in [1.807, 2.05) is 42.1 Å². The number of benzene rings is 1. The SMILES string of the molecule is N#CC(CNC1CCSC1)c1ccccc1. The Morgan fingerprint density at radius 3 is 2.88 bits per heavy atom. The Balaban J connectivity index is 1.89. The highest BCUT2D eigenvalue weighted by Crippen LogP contribution is 2.19. The highest BCUT2D eigenvalue weighted by atomic mass is 32.2. The molecule has 0 spiro atoms. The molecule has 0 amide bonds. The van der Waals surface area contributed by atoms with Gasteiger partial charge in [0.25, 0.3) is 0 Å². The van der Waals surface area contributed by atoms with Gasteiger partial charge < -0.3 is 5.32 Å². The van der Waals surface area contributed by atoms with Crippen LogP contribution in [0, 0.1) is 11.3 Å². The van der Waals surface area contributed by atoms with Crippen LogP contribution in [0.25, 0.3) is 0 Å². The van der Waals surface area contributed by atoms with E-state index >= 15 is 0 Å². The molecule has 1 aliphatic heterocycles. The zero-order chi connectivity index (χ0) is 11.2. The van der Waals surface area contributed by atoms with E-state index in [9.17, 15) is 0 Å². The Morgan fingerprint density at radius 2 is 2.25 bits per heavy atom. The van der Waals surface area contributed by atoms with E-state index < -0.39 is 0 Å². The maximum atomic E-state index is 9.16. The fourth-order valence-corrected chi connectivity index (χ4v) is 3.09. The Morgan fingerprint density at radius 1 is 1.44 bits per heavy atom. The summed E-state index contributed by atoms with van der Waals surface area (Å²) < 4.78 is 0. The predicted molar refractivity (Wildman–Crippen MR) is 68.5 cm³/mol. The van der Waals surface area contributed by atoms with Crippen molar-refractivity contribution < 1.29 is 0 Å². The Labute approximate surface area is 101 Å². The minimum atomic E-state index is -0.0215. The zero-order valence-electron chi connectivity index (χ0n) is 9.23. The minimum absolute atomic E-state index is 0.0215. The second kappa shape index (κ2) is 5.93. The van der Waals surface area contributed by atoms with E-state index in [4.69, 9.17) is 5.26 Å². The number of nitrogens with one attached hydrogen (secondary N) is 1. The first-order valence-electron chi connectivity index (χ1n) is 5.66. The molecular weight excluding hydrogens is 216 g/mol. The van der Waals surface area contributed by atoms with Crippen LogP contribution in [-0.2, 0) is 0 Å². The van der Waals surface area contributed by atoms with Crippen molar-refractivity contribution in [3.8, 4) is 6.07 Å². The number of thioether (sulfide) groups is 1. The third-order valence-corrected chi connectivity index (χ3v) is 4.06. The maximum absolute atomic E-state index is 9.16. The zero-order valence-corrected chi connectivity index (χ0v) is 10.0. The number of rotatable bonds is 4. The largest absolute Gasteiger partial charge is 0.311 e. The molecule has 1 fully saturated rings. The van der Waals surface area contributed by atoms with E-state index in [0.29, 0.717) is 6.04 Å².